The highest BCUT2D eigenvalue weighted by atomic mass is 32.2. The lowest BCUT2D eigenvalue weighted by Crippen LogP contribution is -2.42. The Kier molecular flexibility index (Phi) is 8.83. The highest BCUT2D eigenvalue weighted by Crippen LogP contribution is 2.26. The first-order chi connectivity index (χ1) is 19.3. The number of rotatable bonds is 5. The van der Waals surface area contributed by atoms with Gasteiger partial charge in [-0.1, -0.05) is 11.8 Å². The van der Waals surface area contributed by atoms with E-state index in [9.17, 15) is 22.4 Å². The second kappa shape index (κ2) is 12.1. The van der Waals surface area contributed by atoms with Gasteiger partial charge in [0, 0.05) is 30.4 Å². The van der Waals surface area contributed by atoms with Crippen LogP contribution in [0.1, 0.15) is 66.8 Å². The number of sulfone groups is 1. The van der Waals surface area contributed by atoms with E-state index in [1.165, 1.54) is 49.6 Å². The van der Waals surface area contributed by atoms with Crippen molar-refractivity contribution in [2.24, 2.45) is 0 Å². The van der Waals surface area contributed by atoms with Crippen LogP contribution >= 0.6 is 0 Å². The van der Waals surface area contributed by atoms with Gasteiger partial charge in [0.2, 0.25) is 0 Å². The number of benzene rings is 2. The molecule has 0 spiro atoms. The number of aromatic nitrogens is 2. The molecular weight excluding hydrogens is 549 g/mol. The van der Waals surface area contributed by atoms with Crippen molar-refractivity contribution < 1.29 is 31.9 Å². The SMILES string of the molecule is COC(=O)c1ccc(S(=O)(=O)Cc2ccn(C3CCN(C(=O)OC(C)(C)C)CC3)n2)c(C#Cc2ccc(F)cc2)c1. The maximum Gasteiger partial charge on any atom is 0.410 e. The summed E-state index contributed by atoms with van der Waals surface area (Å²) in [4.78, 5) is 26.1. The Bertz CT molecular complexity index is 1590. The van der Waals surface area contributed by atoms with Crippen LogP contribution in [0.15, 0.2) is 59.6 Å². The maximum atomic E-state index is 13.5. The van der Waals surface area contributed by atoms with Crippen LogP contribution in [-0.2, 0) is 25.1 Å². The molecule has 0 N–H and O–H groups in total. The van der Waals surface area contributed by atoms with E-state index in [1.807, 2.05) is 20.8 Å². The Hall–Kier alpha value is -4.17. The zero-order valence-corrected chi connectivity index (χ0v) is 24.2. The van der Waals surface area contributed by atoms with Crippen molar-refractivity contribution in [2.45, 2.75) is 55.9 Å². The van der Waals surface area contributed by atoms with Crippen molar-refractivity contribution in [3.63, 3.8) is 0 Å². The van der Waals surface area contributed by atoms with Crippen LogP contribution in [0.3, 0.4) is 0 Å². The molecule has 1 aromatic heterocycles. The molecule has 41 heavy (non-hydrogen) atoms. The molecule has 0 atom stereocenters. The highest BCUT2D eigenvalue weighted by molar-refractivity contribution is 7.90. The van der Waals surface area contributed by atoms with Crippen LogP contribution in [0.25, 0.3) is 0 Å². The van der Waals surface area contributed by atoms with Gasteiger partial charge in [-0.2, -0.15) is 5.10 Å². The van der Waals surface area contributed by atoms with Crippen LogP contribution in [0.4, 0.5) is 9.18 Å². The molecular formula is C30H32FN3O6S. The third-order valence-electron chi connectivity index (χ3n) is 6.41. The molecule has 216 valence electrons. The molecule has 1 fully saturated rings. The van der Waals surface area contributed by atoms with E-state index >= 15 is 0 Å². The van der Waals surface area contributed by atoms with Crippen LogP contribution in [0, 0.1) is 17.7 Å². The molecule has 1 aliphatic heterocycles. The van der Waals surface area contributed by atoms with Crippen LogP contribution in [0.2, 0.25) is 0 Å². The Morgan fingerprint density at radius 1 is 1.05 bits per heavy atom. The lowest BCUT2D eigenvalue weighted by atomic mass is 10.1. The number of hydrogen-bond donors (Lipinski definition) is 0. The molecule has 2 heterocycles. The average Bonchev–Trinajstić information content (AvgIpc) is 3.39. The number of ether oxygens (including phenoxy) is 2. The summed E-state index contributed by atoms with van der Waals surface area (Å²) in [5, 5.41) is 4.52. The fourth-order valence-corrected chi connectivity index (χ4v) is 5.81. The van der Waals surface area contributed by atoms with Gasteiger partial charge in [0.1, 0.15) is 11.4 Å². The molecule has 1 amide bonds. The first kappa shape index (κ1) is 29.8. The minimum Gasteiger partial charge on any atom is -0.465 e. The van der Waals surface area contributed by atoms with Gasteiger partial charge in [-0.05, 0) is 82.1 Å². The molecule has 3 aromatic rings. The van der Waals surface area contributed by atoms with Gasteiger partial charge in [-0.15, -0.1) is 0 Å². The quantitative estimate of drug-likeness (QED) is 0.316. The van der Waals surface area contributed by atoms with Crippen molar-refractivity contribution in [3.8, 4) is 11.8 Å². The maximum absolute atomic E-state index is 13.5. The third kappa shape index (κ3) is 7.73. The minimum atomic E-state index is -3.92. The fraction of sp³-hybridized carbons (Fsp3) is 0.367. The van der Waals surface area contributed by atoms with Crippen molar-refractivity contribution in [3.05, 3.63) is 82.9 Å². The summed E-state index contributed by atoms with van der Waals surface area (Å²) in [6.45, 7) is 6.49. The number of carbonyl (C=O) groups is 2. The molecule has 4 rings (SSSR count). The molecule has 0 radical (unpaired) electrons. The number of carbonyl (C=O) groups excluding carboxylic acids is 2. The Morgan fingerprint density at radius 3 is 2.37 bits per heavy atom. The van der Waals surface area contributed by atoms with E-state index < -0.39 is 27.2 Å². The van der Waals surface area contributed by atoms with Crippen molar-refractivity contribution in [2.75, 3.05) is 20.2 Å². The number of methoxy groups -OCH3 is 1. The number of esters is 1. The Balaban J connectivity index is 1.51. The van der Waals surface area contributed by atoms with Crippen LogP contribution < -0.4 is 0 Å². The molecule has 1 saturated heterocycles. The normalized spacial score (nSPS) is 14.2. The predicted octanol–water partition coefficient (Wildman–Crippen LogP) is 4.75. The highest BCUT2D eigenvalue weighted by Gasteiger charge is 2.28. The molecule has 9 nitrogen and oxygen atoms in total. The van der Waals surface area contributed by atoms with Crippen LogP contribution in [-0.4, -0.2) is 61.0 Å². The van der Waals surface area contributed by atoms with Gasteiger partial charge in [0.25, 0.3) is 0 Å². The van der Waals surface area contributed by atoms with Gasteiger partial charge in [-0.3, -0.25) is 4.68 Å². The van der Waals surface area contributed by atoms with Gasteiger partial charge >= 0.3 is 12.1 Å². The van der Waals surface area contributed by atoms with E-state index in [1.54, 1.807) is 21.8 Å². The topological polar surface area (TPSA) is 108 Å². The summed E-state index contributed by atoms with van der Waals surface area (Å²) in [7, 11) is -2.69. The average molecular weight is 582 g/mol. The zero-order valence-electron chi connectivity index (χ0n) is 23.4. The summed E-state index contributed by atoms with van der Waals surface area (Å²) in [5.41, 5.74) is 0.536. The Morgan fingerprint density at radius 2 is 1.73 bits per heavy atom. The summed E-state index contributed by atoms with van der Waals surface area (Å²) in [6.07, 6.45) is 2.71. The van der Waals surface area contributed by atoms with Crippen molar-refractivity contribution in [1.82, 2.24) is 14.7 Å². The number of likely N-dealkylation sites (tertiary alicyclic amines) is 1. The minimum absolute atomic E-state index is 0.0154. The predicted molar refractivity (Wildman–Crippen MR) is 149 cm³/mol. The lowest BCUT2D eigenvalue weighted by Gasteiger charge is -2.33. The monoisotopic (exact) mass is 581 g/mol. The first-order valence-corrected chi connectivity index (χ1v) is 14.7. The summed E-state index contributed by atoms with van der Waals surface area (Å²) < 4.78 is 52.2. The smallest absolute Gasteiger partial charge is 0.410 e. The second-order valence-electron chi connectivity index (χ2n) is 10.7. The Labute approximate surface area is 239 Å². The van der Waals surface area contributed by atoms with Gasteiger partial charge in [0.05, 0.1) is 35.1 Å². The van der Waals surface area contributed by atoms with E-state index in [4.69, 9.17) is 9.47 Å². The molecule has 1 aliphatic rings. The van der Waals surface area contributed by atoms with E-state index in [-0.39, 0.29) is 33.9 Å². The number of halogens is 1. The first-order valence-electron chi connectivity index (χ1n) is 13.1. The summed E-state index contributed by atoms with van der Waals surface area (Å²) in [6, 6.07) is 11.2. The van der Waals surface area contributed by atoms with Crippen LogP contribution in [0.5, 0.6) is 0 Å². The van der Waals surface area contributed by atoms with Crippen molar-refractivity contribution >= 4 is 21.9 Å². The van der Waals surface area contributed by atoms with E-state index in [2.05, 4.69) is 16.9 Å². The molecule has 2 aromatic carbocycles. The molecule has 0 aliphatic carbocycles. The molecule has 0 bridgehead atoms. The lowest BCUT2D eigenvalue weighted by molar-refractivity contribution is 0.0184. The largest absolute Gasteiger partial charge is 0.465 e. The van der Waals surface area contributed by atoms with Gasteiger partial charge in [-0.25, -0.2) is 22.4 Å². The number of nitrogens with zero attached hydrogens (tertiary/aromatic N) is 3. The van der Waals surface area contributed by atoms with E-state index in [0.29, 0.717) is 37.2 Å². The summed E-state index contributed by atoms with van der Waals surface area (Å²) >= 11 is 0. The fourth-order valence-electron chi connectivity index (χ4n) is 4.39. The zero-order chi connectivity index (χ0) is 29.8. The molecule has 11 heteroatoms. The standard InChI is InChI=1S/C30H32FN3O6S/c1-30(2,3)40-29(36)33-16-14-26(15-17-33)34-18-13-25(32-34)20-41(37,38)27-12-9-23(28(35)39-4)19-22(27)8-5-21-6-10-24(31)11-7-21/h6-7,9-13,18-19,26H,14-17,20H2,1-4H3. The molecule has 0 unspecified atom stereocenters. The summed E-state index contributed by atoms with van der Waals surface area (Å²) in [5.74, 6) is 4.22. The third-order valence-corrected chi connectivity index (χ3v) is 8.12. The van der Waals surface area contributed by atoms with E-state index in [0.717, 1.165) is 0 Å². The van der Waals surface area contributed by atoms with Crippen molar-refractivity contribution in [1.29, 1.82) is 0 Å². The number of piperidine rings is 1. The molecule has 0 saturated carbocycles. The number of amides is 1. The number of hydrogen-bond acceptors (Lipinski definition) is 7. The van der Waals surface area contributed by atoms with Gasteiger partial charge < -0.3 is 14.4 Å². The van der Waals surface area contributed by atoms with Gasteiger partial charge in [0.15, 0.2) is 9.84 Å². The second-order valence-corrected chi connectivity index (χ2v) is 12.7.